The maximum atomic E-state index is 3.63. The second-order valence-electron chi connectivity index (χ2n) is 7.27. The van der Waals surface area contributed by atoms with E-state index >= 15 is 0 Å². The minimum atomic E-state index is 0. The van der Waals surface area contributed by atoms with Crippen LogP contribution in [0.3, 0.4) is 0 Å². The Hall–Kier alpha value is 0.309. The summed E-state index contributed by atoms with van der Waals surface area (Å²) in [5.74, 6) is 0. The molecule has 0 saturated carbocycles. The van der Waals surface area contributed by atoms with Gasteiger partial charge in [0.05, 0.1) is 0 Å². The molecule has 0 aliphatic heterocycles. The zero-order valence-corrected chi connectivity index (χ0v) is 18.6. The molecule has 20 heavy (non-hydrogen) atoms. The average Bonchev–Trinajstić information content (AvgIpc) is 2.17. The van der Waals surface area contributed by atoms with Gasteiger partial charge < -0.3 is 10.2 Å². The van der Waals surface area contributed by atoms with E-state index in [9.17, 15) is 0 Å². The first kappa shape index (κ1) is 32.3. The van der Waals surface area contributed by atoms with Crippen molar-refractivity contribution in [2.45, 2.75) is 54.9 Å². The van der Waals surface area contributed by atoms with Crippen molar-refractivity contribution in [3.8, 4) is 0 Å². The molecule has 129 valence electrons. The van der Waals surface area contributed by atoms with Gasteiger partial charge in [-0.2, -0.15) is 14.1 Å². The molecule has 0 spiro atoms. The van der Waals surface area contributed by atoms with Gasteiger partial charge in [0.15, 0.2) is 0 Å². The zero-order valence-electron chi connectivity index (χ0n) is 16.2. The molecular weight excluding hydrogens is 424 g/mol. The van der Waals surface area contributed by atoms with Crippen LogP contribution in [0.2, 0.25) is 0 Å². The van der Waals surface area contributed by atoms with Gasteiger partial charge in [-0.05, 0) is 32.0 Å². The third kappa shape index (κ3) is 138. The minimum absolute atomic E-state index is 0. The van der Waals surface area contributed by atoms with Crippen molar-refractivity contribution in [2.75, 3.05) is 35.2 Å². The van der Waals surface area contributed by atoms with Gasteiger partial charge in [-0.25, -0.2) is 0 Å². The second kappa shape index (κ2) is 19.3. The molecule has 0 atom stereocenters. The third-order valence-corrected chi connectivity index (χ3v) is 1.67. The predicted molar refractivity (Wildman–Crippen MR) is 94.2 cm³/mol. The Bertz CT molecular complexity index is 162. The van der Waals surface area contributed by atoms with Crippen LogP contribution in [0.1, 0.15) is 54.9 Å². The largest absolute Gasteiger partial charge is 0.668 e. The Morgan fingerprint density at radius 1 is 0.950 bits per heavy atom. The summed E-state index contributed by atoms with van der Waals surface area (Å²) < 4.78 is 0. The molecule has 0 rings (SSSR count). The van der Waals surface area contributed by atoms with Crippen molar-refractivity contribution in [1.29, 1.82) is 0 Å². The first-order valence-electron chi connectivity index (χ1n) is 6.99. The van der Waals surface area contributed by atoms with Gasteiger partial charge in [0.1, 0.15) is 0 Å². The van der Waals surface area contributed by atoms with Crippen LogP contribution in [-0.2, 0) is 20.1 Å². The van der Waals surface area contributed by atoms with Gasteiger partial charge in [-0.3, -0.25) is 0 Å². The van der Waals surface area contributed by atoms with E-state index in [1.807, 2.05) is 32.1 Å². The van der Waals surface area contributed by atoms with Gasteiger partial charge in [0, 0.05) is 20.1 Å². The zero-order chi connectivity index (χ0) is 16.7. The molecule has 0 saturated heterocycles. The van der Waals surface area contributed by atoms with Crippen LogP contribution >= 0.6 is 0 Å². The number of hydrogen-bond donors (Lipinski definition) is 0. The van der Waals surface area contributed by atoms with E-state index in [0.717, 1.165) is 0 Å². The van der Waals surface area contributed by atoms with Crippen molar-refractivity contribution in [3.63, 3.8) is 0 Å². The summed E-state index contributed by atoms with van der Waals surface area (Å²) in [7, 11) is 9.50. The molecule has 0 unspecified atom stereocenters. The van der Waals surface area contributed by atoms with Gasteiger partial charge in [0.2, 0.25) is 0 Å². The molecule has 2 nitrogen and oxygen atoms in total. The topological polar surface area (TPSA) is 17.3 Å². The number of allylic oxidation sites excluding steroid dienone is 1. The summed E-state index contributed by atoms with van der Waals surface area (Å²) in [6, 6.07) is 0. The Kier molecular flexibility index (Phi) is 31.2. The van der Waals surface area contributed by atoms with Crippen LogP contribution in [0.15, 0.2) is 12.7 Å². The van der Waals surface area contributed by atoms with Crippen molar-refractivity contribution in [1.82, 2.24) is 4.90 Å². The average molecular weight is 466 g/mol. The SMILES string of the molecule is C=CC(C)(C)C.CCC(C)(C)C.CN(C)C.C[N-]C.[Ir]. The summed E-state index contributed by atoms with van der Waals surface area (Å²) >= 11 is 0. The Balaban J connectivity index is -0.0000000510. The Morgan fingerprint density at radius 3 is 1.05 bits per heavy atom. The van der Waals surface area contributed by atoms with Crippen molar-refractivity contribution in [2.24, 2.45) is 10.8 Å². The van der Waals surface area contributed by atoms with E-state index in [2.05, 4.69) is 60.4 Å². The molecular formula is C17H41IrN2-. The molecule has 3 heteroatoms. The van der Waals surface area contributed by atoms with Gasteiger partial charge >= 0.3 is 0 Å². The number of rotatable bonds is 0. The molecule has 0 aromatic carbocycles. The molecule has 0 bridgehead atoms. The fourth-order valence-corrected chi connectivity index (χ4v) is 0. The fraction of sp³-hybridized carbons (Fsp3) is 0.882. The van der Waals surface area contributed by atoms with E-state index in [4.69, 9.17) is 0 Å². The van der Waals surface area contributed by atoms with E-state index in [-0.39, 0.29) is 20.1 Å². The second-order valence-corrected chi connectivity index (χ2v) is 7.27. The monoisotopic (exact) mass is 466 g/mol. The molecule has 0 amide bonds. The Labute approximate surface area is 144 Å². The normalized spacial score (nSPS) is 9.65. The third-order valence-electron chi connectivity index (χ3n) is 1.67. The van der Waals surface area contributed by atoms with E-state index in [1.165, 1.54) is 6.42 Å². The van der Waals surface area contributed by atoms with Gasteiger partial charge in [-0.15, -0.1) is 6.58 Å². The molecule has 0 heterocycles. The summed E-state index contributed by atoms with van der Waals surface area (Å²) in [6.45, 7) is 18.9. The molecule has 0 aromatic heterocycles. The van der Waals surface area contributed by atoms with Crippen LogP contribution in [0.4, 0.5) is 0 Å². The predicted octanol–water partition coefficient (Wildman–Crippen LogP) is 5.46. The van der Waals surface area contributed by atoms with Crippen molar-refractivity contribution in [3.05, 3.63) is 18.0 Å². The molecule has 0 N–H and O–H groups in total. The summed E-state index contributed by atoms with van der Waals surface area (Å²) in [4.78, 5) is 2.00. The number of nitrogens with zero attached hydrogens (tertiary/aromatic N) is 2. The van der Waals surface area contributed by atoms with Crippen molar-refractivity contribution >= 4 is 0 Å². The van der Waals surface area contributed by atoms with Crippen LogP contribution in [0.25, 0.3) is 5.32 Å². The molecule has 0 fully saturated rings. The molecule has 1 radical (unpaired) electrons. The summed E-state index contributed by atoms with van der Waals surface area (Å²) in [5.41, 5.74) is 0.847. The maximum Gasteiger partial charge on any atom is 0 e. The Morgan fingerprint density at radius 2 is 1.05 bits per heavy atom. The fourth-order valence-electron chi connectivity index (χ4n) is 0. The first-order valence-corrected chi connectivity index (χ1v) is 6.99. The van der Waals surface area contributed by atoms with Crippen LogP contribution in [0, 0.1) is 10.8 Å². The smallest absolute Gasteiger partial charge is 0 e. The minimum Gasteiger partial charge on any atom is -0.668 e. The molecule has 0 aliphatic carbocycles. The molecule has 0 aliphatic rings. The summed E-state index contributed by atoms with van der Waals surface area (Å²) in [6.07, 6.45) is 3.21. The van der Waals surface area contributed by atoms with E-state index in [0.29, 0.717) is 10.8 Å². The summed E-state index contributed by atoms with van der Waals surface area (Å²) in [5, 5.41) is 3.50. The van der Waals surface area contributed by atoms with Crippen LogP contribution in [-0.4, -0.2) is 40.1 Å². The van der Waals surface area contributed by atoms with E-state index in [1.54, 1.807) is 14.1 Å². The molecule has 0 aromatic rings. The number of hydrogen-bond acceptors (Lipinski definition) is 1. The van der Waals surface area contributed by atoms with Crippen molar-refractivity contribution < 1.29 is 20.1 Å². The van der Waals surface area contributed by atoms with Crippen LogP contribution in [0.5, 0.6) is 0 Å². The van der Waals surface area contributed by atoms with Crippen LogP contribution < -0.4 is 0 Å². The quantitative estimate of drug-likeness (QED) is 0.435. The first-order chi connectivity index (χ1) is 8.27. The van der Waals surface area contributed by atoms with E-state index < -0.39 is 0 Å². The van der Waals surface area contributed by atoms with Gasteiger partial charge in [0.25, 0.3) is 0 Å². The van der Waals surface area contributed by atoms with Gasteiger partial charge in [-0.1, -0.05) is 61.0 Å². The standard InChI is InChI=1S/C6H14.C6H12.C3H9N.C2H6N.Ir/c2*1-5-6(2,3)4;1-4(2)3;1-3-2;/h5H2,1-4H3;5H,1H2,2-4H3;1-3H3;1-2H3;/q;;;-1;. The maximum absolute atomic E-state index is 3.63.